The second-order valence-electron chi connectivity index (χ2n) is 4.12. The second-order valence-corrected chi connectivity index (χ2v) is 4.98. The fraction of sp³-hybridized carbons (Fsp3) is 0.200. The smallest absolute Gasteiger partial charge is 0.0627 e. The van der Waals surface area contributed by atoms with E-state index in [0.717, 1.165) is 16.6 Å². The fourth-order valence-electron chi connectivity index (χ4n) is 1.87. The Morgan fingerprint density at radius 2 is 1.67 bits per heavy atom. The number of rotatable bonds is 5. The summed E-state index contributed by atoms with van der Waals surface area (Å²) in [5.41, 5.74) is 2.29. The third-order valence-electron chi connectivity index (χ3n) is 2.86. The van der Waals surface area contributed by atoms with E-state index in [4.69, 9.17) is 0 Å². The van der Waals surface area contributed by atoms with Crippen molar-refractivity contribution in [1.29, 1.82) is 0 Å². The Hall–Kier alpha value is -1.16. The molecule has 18 heavy (non-hydrogen) atoms. The lowest BCUT2D eigenvalue weighted by molar-refractivity contribution is 0.243. The highest BCUT2D eigenvalue weighted by molar-refractivity contribution is 9.10. The minimum Gasteiger partial charge on any atom is -0.394 e. The summed E-state index contributed by atoms with van der Waals surface area (Å²) in [6, 6.07) is 18.1. The van der Waals surface area contributed by atoms with E-state index in [1.165, 1.54) is 5.56 Å². The van der Waals surface area contributed by atoms with Gasteiger partial charge in [-0.25, -0.2) is 0 Å². The third kappa shape index (κ3) is 3.42. The quantitative estimate of drug-likeness (QED) is 0.888. The summed E-state index contributed by atoms with van der Waals surface area (Å²) in [6.45, 7) is 0.822. The molecule has 3 heteroatoms. The molecule has 2 N–H and O–H groups in total. The molecule has 1 unspecified atom stereocenters. The summed E-state index contributed by atoms with van der Waals surface area (Å²) in [7, 11) is 0. The van der Waals surface area contributed by atoms with Crippen molar-refractivity contribution in [3.8, 4) is 0 Å². The number of hydrogen-bond acceptors (Lipinski definition) is 2. The Labute approximate surface area is 116 Å². The van der Waals surface area contributed by atoms with Crippen LogP contribution in [0.4, 0.5) is 0 Å². The first kappa shape index (κ1) is 13.3. The number of nitrogens with one attached hydrogen (secondary N) is 1. The fourth-order valence-corrected chi connectivity index (χ4v) is 2.43. The lowest BCUT2D eigenvalue weighted by Gasteiger charge is -2.18. The molecular weight excluding hydrogens is 290 g/mol. The first-order chi connectivity index (χ1) is 8.81. The van der Waals surface area contributed by atoms with Crippen molar-refractivity contribution < 1.29 is 5.11 Å². The molecule has 0 saturated heterocycles. The lowest BCUT2D eigenvalue weighted by Crippen LogP contribution is -2.24. The molecule has 1 atom stereocenters. The number of halogens is 1. The maximum atomic E-state index is 9.50. The highest BCUT2D eigenvalue weighted by atomic mass is 79.9. The number of benzene rings is 2. The highest BCUT2D eigenvalue weighted by Crippen LogP contribution is 2.23. The topological polar surface area (TPSA) is 32.3 Å². The molecule has 0 heterocycles. The van der Waals surface area contributed by atoms with Crippen molar-refractivity contribution in [2.45, 2.75) is 12.6 Å². The van der Waals surface area contributed by atoms with Gasteiger partial charge in [-0.05, 0) is 17.2 Å². The minimum atomic E-state index is -0.0548. The zero-order valence-electron chi connectivity index (χ0n) is 10.0. The van der Waals surface area contributed by atoms with E-state index in [2.05, 4.69) is 33.4 Å². The summed E-state index contributed by atoms with van der Waals surface area (Å²) >= 11 is 3.51. The summed E-state index contributed by atoms with van der Waals surface area (Å²) in [5.74, 6) is 0. The average Bonchev–Trinajstić information content (AvgIpc) is 2.42. The van der Waals surface area contributed by atoms with Gasteiger partial charge in [0.05, 0.1) is 12.6 Å². The van der Waals surface area contributed by atoms with E-state index < -0.39 is 0 Å². The van der Waals surface area contributed by atoms with Crippen LogP contribution in [-0.4, -0.2) is 11.7 Å². The number of aliphatic hydroxyl groups excluding tert-OH is 1. The Kier molecular flexibility index (Phi) is 4.93. The van der Waals surface area contributed by atoms with Gasteiger partial charge in [-0.1, -0.05) is 64.5 Å². The van der Waals surface area contributed by atoms with E-state index in [0.29, 0.717) is 0 Å². The molecule has 0 aliphatic heterocycles. The Morgan fingerprint density at radius 3 is 2.33 bits per heavy atom. The largest absolute Gasteiger partial charge is 0.394 e. The van der Waals surface area contributed by atoms with Crippen LogP contribution in [-0.2, 0) is 6.54 Å². The molecule has 0 spiro atoms. The van der Waals surface area contributed by atoms with Gasteiger partial charge in [0.15, 0.2) is 0 Å². The third-order valence-corrected chi connectivity index (χ3v) is 3.58. The molecule has 0 aromatic heterocycles. The summed E-state index contributed by atoms with van der Waals surface area (Å²) in [4.78, 5) is 0. The van der Waals surface area contributed by atoms with Crippen molar-refractivity contribution in [3.63, 3.8) is 0 Å². The molecule has 2 nitrogen and oxygen atoms in total. The van der Waals surface area contributed by atoms with Gasteiger partial charge in [-0.2, -0.15) is 0 Å². The molecule has 0 aliphatic rings. The van der Waals surface area contributed by atoms with Crippen LogP contribution >= 0.6 is 15.9 Å². The van der Waals surface area contributed by atoms with Crippen LogP contribution < -0.4 is 5.32 Å². The van der Waals surface area contributed by atoms with Crippen LogP contribution in [0, 0.1) is 0 Å². The van der Waals surface area contributed by atoms with Crippen molar-refractivity contribution in [3.05, 3.63) is 70.2 Å². The highest BCUT2D eigenvalue weighted by Gasteiger charge is 2.12. The monoisotopic (exact) mass is 305 g/mol. The normalized spacial score (nSPS) is 12.3. The molecule has 2 rings (SSSR count). The zero-order chi connectivity index (χ0) is 12.8. The van der Waals surface area contributed by atoms with Gasteiger partial charge in [0.25, 0.3) is 0 Å². The predicted molar refractivity (Wildman–Crippen MR) is 77.3 cm³/mol. The lowest BCUT2D eigenvalue weighted by atomic mass is 10.1. The predicted octanol–water partition coefficient (Wildman–Crippen LogP) is 3.27. The molecule has 0 fully saturated rings. The van der Waals surface area contributed by atoms with E-state index >= 15 is 0 Å². The van der Waals surface area contributed by atoms with Gasteiger partial charge in [0.2, 0.25) is 0 Å². The Balaban J connectivity index is 2.04. The summed E-state index contributed by atoms with van der Waals surface area (Å²) < 4.78 is 1.02. The molecule has 0 radical (unpaired) electrons. The van der Waals surface area contributed by atoms with Gasteiger partial charge in [0.1, 0.15) is 0 Å². The average molecular weight is 306 g/mol. The van der Waals surface area contributed by atoms with E-state index in [9.17, 15) is 5.11 Å². The molecule has 0 amide bonds. The van der Waals surface area contributed by atoms with Crippen molar-refractivity contribution in [1.82, 2.24) is 5.32 Å². The van der Waals surface area contributed by atoms with Gasteiger partial charge < -0.3 is 10.4 Å². The first-order valence-corrected chi connectivity index (χ1v) is 6.73. The van der Waals surface area contributed by atoms with Crippen molar-refractivity contribution in [2.75, 3.05) is 6.61 Å². The van der Waals surface area contributed by atoms with Crippen LogP contribution in [0.15, 0.2) is 59.1 Å². The number of aliphatic hydroxyl groups is 1. The van der Waals surface area contributed by atoms with Gasteiger partial charge in [0, 0.05) is 11.0 Å². The van der Waals surface area contributed by atoms with Crippen LogP contribution in [0.2, 0.25) is 0 Å². The molecule has 94 valence electrons. The van der Waals surface area contributed by atoms with Crippen LogP contribution in [0.5, 0.6) is 0 Å². The molecule has 0 aliphatic carbocycles. The standard InChI is InChI=1S/C15H16BrNO/c16-14-9-5-4-8-13(14)15(11-18)17-10-12-6-2-1-3-7-12/h1-9,15,17-18H,10-11H2. The molecule has 0 saturated carbocycles. The van der Waals surface area contributed by atoms with Crippen LogP contribution in [0.1, 0.15) is 17.2 Å². The molecular formula is C15H16BrNO. The van der Waals surface area contributed by atoms with Crippen LogP contribution in [0.3, 0.4) is 0 Å². The number of hydrogen-bond donors (Lipinski definition) is 2. The maximum Gasteiger partial charge on any atom is 0.0627 e. The van der Waals surface area contributed by atoms with Crippen molar-refractivity contribution in [2.24, 2.45) is 0 Å². The zero-order valence-corrected chi connectivity index (χ0v) is 11.6. The van der Waals surface area contributed by atoms with Crippen LogP contribution in [0.25, 0.3) is 0 Å². The van der Waals surface area contributed by atoms with Gasteiger partial charge >= 0.3 is 0 Å². The van der Waals surface area contributed by atoms with E-state index in [-0.39, 0.29) is 12.6 Å². The molecule has 0 bridgehead atoms. The van der Waals surface area contributed by atoms with Gasteiger partial charge in [-0.3, -0.25) is 0 Å². The second kappa shape index (κ2) is 6.69. The summed E-state index contributed by atoms with van der Waals surface area (Å²) in [6.07, 6.45) is 0. The first-order valence-electron chi connectivity index (χ1n) is 5.94. The van der Waals surface area contributed by atoms with E-state index in [1.807, 2.05) is 42.5 Å². The SMILES string of the molecule is OCC(NCc1ccccc1)c1ccccc1Br. The van der Waals surface area contributed by atoms with Crippen molar-refractivity contribution >= 4 is 15.9 Å². The van der Waals surface area contributed by atoms with E-state index in [1.54, 1.807) is 0 Å². The Morgan fingerprint density at radius 1 is 1.00 bits per heavy atom. The molecule has 2 aromatic rings. The molecule has 2 aromatic carbocycles. The maximum absolute atomic E-state index is 9.50. The minimum absolute atomic E-state index is 0.0548. The Bertz CT molecular complexity index is 487. The summed E-state index contributed by atoms with van der Waals surface area (Å²) in [5, 5.41) is 12.9. The van der Waals surface area contributed by atoms with Gasteiger partial charge in [-0.15, -0.1) is 0 Å².